The molecule has 0 aliphatic carbocycles. The van der Waals surface area contributed by atoms with E-state index in [4.69, 9.17) is 14.8 Å². The van der Waals surface area contributed by atoms with Crippen molar-refractivity contribution >= 4 is 40.5 Å². The van der Waals surface area contributed by atoms with Gasteiger partial charge in [0.2, 0.25) is 4.80 Å². The Morgan fingerprint density at radius 1 is 1.29 bits per heavy atom. The topological polar surface area (TPSA) is 68.0 Å². The maximum atomic E-state index is 11.7. The molecule has 0 bridgehead atoms. The minimum Gasteiger partial charge on any atom is -0.482 e. The highest BCUT2D eigenvalue weighted by molar-refractivity contribution is 7.11. The number of carbonyl (C=O) groups is 1. The molecule has 4 rings (SSSR count). The van der Waals surface area contributed by atoms with Gasteiger partial charge in [0.1, 0.15) is 5.75 Å². The van der Waals surface area contributed by atoms with Gasteiger partial charge in [-0.25, -0.2) is 4.68 Å². The van der Waals surface area contributed by atoms with Crippen LogP contribution in [-0.2, 0) is 4.79 Å². The summed E-state index contributed by atoms with van der Waals surface area (Å²) in [5, 5.41) is 11.7. The zero-order valence-electron chi connectivity index (χ0n) is 15.8. The first kappa shape index (κ1) is 18.6. The van der Waals surface area contributed by atoms with Crippen molar-refractivity contribution in [3.05, 3.63) is 50.3 Å². The molecular formula is C20H20N4O2S2. The number of rotatable bonds is 4. The molecule has 1 aliphatic rings. The first-order valence-corrected chi connectivity index (χ1v) is 10.7. The normalized spacial score (nSPS) is 14.4. The van der Waals surface area contributed by atoms with Crippen LogP contribution in [0, 0.1) is 6.92 Å². The summed E-state index contributed by atoms with van der Waals surface area (Å²) in [5.41, 5.74) is 3.72. The molecule has 3 aromatic rings. The van der Waals surface area contributed by atoms with Gasteiger partial charge in [-0.2, -0.15) is 5.10 Å². The molecule has 0 spiro atoms. The van der Waals surface area contributed by atoms with Gasteiger partial charge in [0.15, 0.2) is 6.61 Å². The molecule has 3 heterocycles. The van der Waals surface area contributed by atoms with Crippen molar-refractivity contribution < 1.29 is 9.53 Å². The van der Waals surface area contributed by atoms with Gasteiger partial charge in [0, 0.05) is 17.0 Å². The molecule has 0 fully saturated rings. The molecule has 0 saturated carbocycles. The van der Waals surface area contributed by atoms with E-state index in [1.165, 1.54) is 5.56 Å². The van der Waals surface area contributed by atoms with Gasteiger partial charge in [-0.3, -0.25) is 9.79 Å². The number of amides is 1. The van der Waals surface area contributed by atoms with E-state index in [1.54, 1.807) is 22.7 Å². The van der Waals surface area contributed by atoms with Crippen LogP contribution in [0.4, 0.5) is 5.69 Å². The highest BCUT2D eigenvalue weighted by Gasteiger charge is 2.17. The third kappa shape index (κ3) is 3.79. The number of carbonyl (C=O) groups excluding carboxylic acids is 1. The summed E-state index contributed by atoms with van der Waals surface area (Å²) in [4.78, 5) is 18.3. The maximum absolute atomic E-state index is 11.7. The van der Waals surface area contributed by atoms with Crippen LogP contribution >= 0.6 is 22.7 Å². The summed E-state index contributed by atoms with van der Waals surface area (Å²) in [5.74, 6) is 0.527. The van der Waals surface area contributed by atoms with Crippen LogP contribution < -0.4 is 14.9 Å². The Hall–Kier alpha value is -2.71. The standard InChI is InChI=1S/C20H20N4O2S2/c1-12(2)22-20-24(21-9-18-13(3)6-7-27-18)16(11-28-20)14-4-5-17-15(8-14)23-19(25)10-26-17/h4-9,11-12H,10H2,1-3H3,(H,23,25). The Kier molecular flexibility index (Phi) is 5.15. The first-order chi connectivity index (χ1) is 13.5. The lowest BCUT2D eigenvalue weighted by Gasteiger charge is -2.18. The van der Waals surface area contributed by atoms with Crippen LogP contribution in [0.25, 0.3) is 11.3 Å². The van der Waals surface area contributed by atoms with Crippen LogP contribution in [0.15, 0.2) is 45.1 Å². The average Bonchev–Trinajstić information content (AvgIpc) is 3.24. The fourth-order valence-corrected chi connectivity index (χ4v) is 4.54. The summed E-state index contributed by atoms with van der Waals surface area (Å²) in [6.45, 7) is 6.21. The molecule has 1 aromatic carbocycles. The van der Waals surface area contributed by atoms with E-state index in [1.807, 2.05) is 48.3 Å². The number of nitrogens with zero attached hydrogens (tertiary/aromatic N) is 3. The number of aryl methyl sites for hydroxylation is 1. The number of aromatic nitrogens is 1. The summed E-state index contributed by atoms with van der Waals surface area (Å²) in [6, 6.07) is 8.00. The molecule has 1 N–H and O–H groups in total. The Morgan fingerprint density at radius 2 is 2.14 bits per heavy atom. The van der Waals surface area contributed by atoms with Gasteiger partial charge in [-0.1, -0.05) is 0 Å². The minimum absolute atomic E-state index is 0.0483. The Bertz CT molecular complexity index is 1120. The second-order valence-electron chi connectivity index (χ2n) is 6.70. The van der Waals surface area contributed by atoms with Crippen LogP contribution in [0.5, 0.6) is 5.75 Å². The minimum atomic E-state index is -0.149. The predicted molar refractivity (Wildman–Crippen MR) is 115 cm³/mol. The Morgan fingerprint density at radius 3 is 2.89 bits per heavy atom. The summed E-state index contributed by atoms with van der Waals surface area (Å²) in [6.07, 6.45) is 1.87. The average molecular weight is 413 g/mol. The molecule has 8 heteroatoms. The van der Waals surface area contributed by atoms with E-state index in [9.17, 15) is 4.79 Å². The largest absolute Gasteiger partial charge is 0.482 e. The van der Waals surface area contributed by atoms with E-state index < -0.39 is 0 Å². The predicted octanol–water partition coefficient (Wildman–Crippen LogP) is 4.11. The van der Waals surface area contributed by atoms with Gasteiger partial charge in [0.05, 0.1) is 22.5 Å². The highest BCUT2D eigenvalue weighted by Crippen LogP contribution is 2.33. The third-order valence-corrected chi connectivity index (χ3v) is 5.94. The molecule has 0 unspecified atom stereocenters. The van der Waals surface area contributed by atoms with Crippen LogP contribution in [-0.4, -0.2) is 29.4 Å². The van der Waals surface area contributed by atoms with Gasteiger partial charge in [-0.05, 0) is 56.0 Å². The first-order valence-electron chi connectivity index (χ1n) is 8.91. The maximum Gasteiger partial charge on any atom is 0.262 e. The fraction of sp³-hybridized carbons (Fsp3) is 0.250. The number of hydrogen-bond acceptors (Lipinski definition) is 6. The fourth-order valence-electron chi connectivity index (χ4n) is 2.79. The van der Waals surface area contributed by atoms with Crippen molar-refractivity contribution in [1.29, 1.82) is 0 Å². The summed E-state index contributed by atoms with van der Waals surface area (Å²) >= 11 is 3.20. The number of hydrogen-bond donors (Lipinski definition) is 1. The van der Waals surface area contributed by atoms with Gasteiger partial charge < -0.3 is 10.1 Å². The lowest BCUT2D eigenvalue weighted by Crippen LogP contribution is -2.25. The molecule has 2 aromatic heterocycles. The number of anilines is 1. The number of thiazole rings is 1. The smallest absolute Gasteiger partial charge is 0.262 e. The molecular weight excluding hydrogens is 392 g/mol. The number of thiophene rings is 1. The molecule has 6 nitrogen and oxygen atoms in total. The number of nitrogens with one attached hydrogen (secondary N) is 1. The van der Waals surface area contributed by atoms with Crippen LogP contribution in [0.1, 0.15) is 24.3 Å². The molecule has 1 amide bonds. The molecule has 0 saturated heterocycles. The molecule has 1 aliphatic heterocycles. The second-order valence-corrected chi connectivity index (χ2v) is 8.48. The van der Waals surface area contributed by atoms with Crippen molar-refractivity contribution in [1.82, 2.24) is 4.68 Å². The molecule has 0 atom stereocenters. The van der Waals surface area contributed by atoms with E-state index in [0.717, 1.165) is 20.9 Å². The van der Waals surface area contributed by atoms with Crippen molar-refractivity contribution in [3.8, 4) is 17.0 Å². The zero-order chi connectivity index (χ0) is 19.7. The van der Waals surface area contributed by atoms with Gasteiger partial charge in [0.25, 0.3) is 5.91 Å². The van der Waals surface area contributed by atoms with Crippen molar-refractivity contribution in [2.24, 2.45) is 10.1 Å². The Balaban J connectivity index is 1.80. The molecule has 0 radical (unpaired) electrons. The highest BCUT2D eigenvalue weighted by atomic mass is 32.1. The summed E-state index contributed by atoms with van der Waals surface area (Å²) < 4.78 is 7.32. The van der Waals surface area contributed by atoms with Gasteiger partial charge >= 0.3 is 0 Å². The second kappa shape index (κ2) is 7.73. The van der Waals surface area contributed by atoms with Crippen LogP contribution in [0.3, 0.4) is 0 Å². The van der Waals surface area contributed by atoms with Crippen molar-refractivity contribution in [3.63, 3.8) is 0 Å². The van der Waals surface area contributed by atoms with E-state index >= 15 is 0 Å². The van der Waals surface area contributed by atoms with E-state index in [0.29, 0.717) is 11.4 Å². The molecule has 144 valence electrons. The lowest BCUT2D eigenvalue weighted by molar-refractivity contribution is -0.118. The van der Waals surface area contributed by atoms with Crippen LogP contribution in [0.2, 0.25) is 0 Å². The third-order valence-electron chi connectivity index (χ3n) is 4.15. The Labute approximate surface area is 170 Å². The van der Waals surface area contributed by atoms with E-state index in [2.05, 4.69) is 23.7 Å². The monoisotopic (exact) mass is 412 g/mol. The number of ether oxygens (including phenoxy) is 1. The molecule has 28 heavy (non-hydrogen) atoms. The van der Waals surface area contributed by atoms with E-state index in [-0.39, 0.29) is 18.6 Å². The quantitative estimate of drug-likeness (QED) is 0.655. The SMILES string of the molecule is Cc1ccsc1C=Nn1c(-c2ccc3c(c2)NC(=O)CO3)csc1=NC(C)C. The van der Waals surface area contributed by atoms with Crippen molar-refractivity contribution in [2.45, 2.75) is 26.8 Å². The lowest BCUT2D eigenvalue weighted by atomic mass is 10.1. The van der Waals surface area contributed by atoms with Gasteiger partial charge in [-0.15, -0.1) is 22.7 Å². The van der Waals surface area contributed by atoms with Crippen molar-refractivity contribution in [2.75, 3.05) is 11.9 Å². The zero-order valence-corrected chi connectivity index (χ0v) is 17.4. The summed E-state index contributed by atoms with van der Waals surface area (Å²) in [7, 11) is 0. The number of benzene rings is 1. The number of fused-ring (bicyclic) bond motifs is 1.